The van der Waals surface area contributed by atoms with Gasteiger partial charge in [0, 0.05) is 24.9 Å². The topological polar surface area (TPSA) is 100 Å². The summed E-state index contributed by atoms with van der Waals surface area (Å²) in [5, 5.41) is 0. The van der Waals surface area contributed by atoms with Gasteiger partial charge in [-0.3, -0.25) is 14.5 Å². The largest absolute Gasteiger partial charge is 0.313 e. The summed E-state index contributed by atoms with van der Waals surface area (Å²) >= 11 is 0. The van der Waals surface area contributed by atoms with E-state index in [9.17, 15) is 21.9 Å². The van der Waals surface area contributed by atoms with Crippen LogP contribution in [-0.4, -0.2) is 36.6 Å². The van der Waals surface area contributed by atoms with Gasteiger partial charge in [-0.2, -0.15) is 8.42 Å². The number of H-pyrrole nitrogens is 1. The smallest absolute Gasteiger partial charge is 0.302 e. The zero-order valence-corrected chi connectivity index (χ0v) is 9.98. The minimum absolute atomic E-state index is 0.0401. The van der Waals surface area contributed by atoms with Crippen LogP contribution < -0.4 is 10.5 Å². The van der Waals surface area contributed by atoms with Crippen molar-refractivity contribution < 1.29 is 17.1 Å². The number of carbonyl (C=O) groups excluding carboxylic acids is 1. The van der Waals surface area contributed by atoms with Crippen molar-refractivity contribution in [3.8, 4) is 0 Å². The lowest BCUT2D eigenvalue weighted by atomic mass is 10.1. The quantitative estimate of drug-likeness (QED) is 0.744. The van der Waals surface area contributed by atoms with Crippen LogP contribution in [0.1, 0.15) is 6.42 Å². The molecule has 1 aliphatic heterocycles. The van der Waals surface area contributed by atoms with E-state index in [-0.39, 0.29) is 24.7 Å². The predicted octanol–water partition coefficient (Wildman–Crippen LogP) is -0.578. The summed E-state index contributed by atoms with van der Waals surface area (Å²) in [6, 6.07) is 1.13. The first kappa shape index (κ1) is 12.7. The van der Waals surface area contributed by atoms with Gasteiger partial charge in [0.25, 0.3) is 5.56 Å². The van der Waals surface area contributed by atoms with Crippen LogP contribution >= 0.6 is 0 Å². The van der Waals surface area contributed by atoms with Gasteiger partial charge < -0.3 is 4.98 Å². The van der Waals surface area contributed by atoms with E-state index in [1.54, 1.807) is 0 Å². The number of hydrogen-bond donors (Lipinski definition) is 1. The predicted molar refractivity (Wildman–Crippen MR) is 60.2 cm³/mol. The number of rotatable bonds is 3. The molecule has 0 aromatic carbocycles. The van der Waals surface area contributed by atoms with E-state index in [2.05, 4.69) is 9.97 Å². The number of nitrogens with zero attached hydrogens (tertiary/aromatic N) is 2. The van der Waals surface area contributed by atoms with Gasteiger partial charge in [0.05, 0.1) is 12.1 Å². The number of amides is 1. The normalized spacial score (nSPS) is 20.4. The molecule has 2 rings (SSSR count). The van der Waals surface area contributed by atoms with E-state index in [0.29, 0.717) is 0 Å². The molecule has 7 nitrogen and oxygen atoms in total. The van der Waals surface area contributed by atoms with Crippen LogP contribution in [0.4, 0.5) is 9.70 Å². The van der Waals surface area contributed by atoms with E-state index in [1.165, 1.54) is 4.90 Å². The summed E-state index contributed by atoms with van der Waals surface area (Å²) in [6.45, 7) is 0.0401. The van der Waals surface area contributed by atoms with Gasteiger partial charge in [0.1, 0.15) is 5.82 Å². The summed E-state index contributed by atoms with van der Waals surface area (Å²) in [4.78, 5) is 30.0. The fourth-order valence-electron chi connectivity index (χ4n) is 1.90. The van der Waals surface area contributed by atoms with E-state index in [1.807, 2.05) is 0 Å². The molecule has 0 bridgehead atoms. The molecule has 1 N–H and O–H groups in total. The van der Waals surface area contributed by atoms with Gasteiger partial charge in [-0.15, -0.1) is 3.89 Å². The highest BCUT2D eigenvalue weighted by Gasteiger charge is 2.34. The Balaban J connectivity index is 2.17. The molecule has 1 unspecified atom stereocenters. The SMILES string of the molecule is O=C1CC(CS(=O)(=O)F)CN1c1cc(=O)[nH]cn1. The first-order chi connectivity index (χ1) is 8.35. The number of carbonyl (C=O) groups is 1. The average molecular weight is 275 g/mol. The lowest BCUT2D eigenvalue weighted by Gasteiger charge is -2.14. The van der Waals surface area contributed by atoms with Crippen molar-refractivity contribution in [1.82, 2.24) is 9.97 Å². The number of aromatic amines is 1. The molecule has 0 spiro atoms. The summed E-state index contributed by atoms with van der Waals surface area (Å²) in [5.41, 5.74) is -0.422. The van der Waals surface area contributed by atoms with Gasteiger partial charge in [0.15, 0.2) is 0 Å². The zero-order valence-electron chi connectivity index (χ0n) is 9.17. The second-order valence-electron chi connectivity index (χ2n) is 4.05. The maximum absolute atomic E-state index is 12.5. The Kier molecular flexibility index (Phi) is 3.16. The number of anilines is 1. The molecule has 9 heteroatoms. The highest BCUT2D eigenvalue weighted by Crippen LogP contribution is 2.23. The number of nitrogens with one attached hydrogen (secondary N) is 1. The zero-order chi connectivity index (χ0) is 13.3. The van der Waals surface area contributed by atoms with E-state index < -0.39 is 27.5 Å². The monoisotopic (exact) mass is 275 g/mol. The van der Waals surface area contributed by atoms with Crippen molar-refractivity contribution >= 4 is 21.9 Å². The third-order valence-electron chi connectivity index (χ3n) is 2.58. The highest BCUT2D eigenvalue weighted by molar-refractivity contribution is 7.86. The molecule has 1 atom stereocenters. The molecule has 1 fully saturated rings. The van der Waals surface area contributed by atoms with Crippen LogP contribution in [0.25, 0.3) is 0 Å². The van der Waals surface area contributed by atoms with Gasteiger partial charge in [-0.1, -0.05) is 0 Å². The molecule has 1 amide bonds. The summed E-state index contributed by atoms with van der Waals surface area (Å²) in [7, 11) is -4.61. The first-order valence-electron chi connectivity index (χ1n) is 5.12. The summed E-state index contributed by atoms with van der Waals surface area (Å²) in [6.07, 6.45) is 1.07. The second kappa shape index (κ2) is 4.48. The van der Waals surface area contributed by atoms with Crippen LogP contribution in [0.15, 0.2) is 17.2 Å². The van der Waals surface area contributed by atoms with E-state index >= 15 is 0 Å². The lowest BCUT2D eigenvalue weighted by molar-refractivity contribution is -0.117. The Bertz CT molecular complexity index is 627. The Morgan fingerprint density at radius 3 is 2.83 bits per heavy atom. The lowest BCUT2D eigenvalue weighted by Crippen LogP contribution is -2.27. The number of hydrogen-bond acceptors (Lipinski definition) is 5. The van der Waals surface area contributed by atoms with Gasteiger partial charge in [0.2, 0.25) is 5.91 Å². The molecule has 1 aromatic rings. The molecule has 18 heavy (non-hydrogen) atoms. The molecule has 0 saturated carbocycles. The molecule has 1 aliphatic rings. The van der Waals surface area contributed by atoms with Crippen molar-refractivity contribution in [3.05, 3.63) is 22.7 Å². The van der Waals surface area contributed by atoms with E-state index in [4.69, 9.17) is 0 Å². The maximum atomic E-state index is 12.5. The Morgan fingerprint density at radius 2 is 2.22 bits per heavy atom. The molecule has 1 saturated heterocycles. The van der Waals surface area contributed by atoms with Crippen molar-refractivity contribution in [2.45, 2.75) is 6.42 Å². The Morgan fingerprint density at radius 1 is 1.50 bits per heavy atom. The van der Waals surface area contributed by atoms with Crippen molar-refractivity contribution in [2.24, 2.45) is 5.92 Å². The molecule has 1 aromatic heterocycles. The van der Waals surface area contributed by atoms with Gasteiger partial charge in [-0.05, 0) is 0 Å². The Hall–Kier alpha value is -1.77. The van der Waals surface area contributed by atoms with Gasteiger partial charge in [-0.25, -0.2) is 4.98 Å². The molecule has 0 radical (unpaired) electrons. The fraction of sp³-hybridized carbons (Fsp3) is 0.444. The van der Waals surface area contributed by atoms with Crippen LogP contribution in [0.2, 0.25) is 0 Å². The second-order valence-corrected chi connectivity index (χ2v) is 5.46. The highest BCUT2D eigenvalue weighted by atomic mass is 32.3. The van der Waals surface area contributed by atoms with Crippen LogP contribution in [0, 0.1) is 5.92 Å². The molecular weight excluding hydrogens is 265 g/mol. The van der Waals surface area contributed by atoms with Crippen molar-refractivity contribution in [3.63, 3.8) is 0 Å². The number of halogens is 1. The molecule has 0 aliphatic carbocycles. The summed E-state index contributed by atoms with van der Waals surface area (Å²) in [5.74, 6) is -1.55. The minimum atomic E-state index is -4.61. The third kappa shape index (κ3) is 2.92. The van der Waals surface area contributed by atoms with Crippen LogP contribution in [0.5, 0.6) is 0 Å². The van der Waals surface area contributed by atoms with Crippen LogP contribution in [-0.2, 0) is 15.0 Å². The van der Waals surface area contributed by atoms with Gasteiger partial charge >= 0.3 is 10.2 Å². The summed E-state index contributed by atoms with van der Waals surface area (Å²) < 4.78 is 33.6. The van der Waals surface area contributed by atoms with E-state index in [0.717, 1.165) is 12.4 Å². The number of aromatic nitrogens is 2. The first-order valence-corrected chi connectivity index (χ1v) is 6.68. The third-order valence-corrected chi connectivity index (χ3v) is 3.45. The Labute approximate surface area is 102 Å². The average Bonchev–Trinajstić information content (AvgIpc) is 2.56. The minimum Gasteiger partial charge on any atom is -0.313 e. The van der Waals surface area contributed by atoms with Crippen molar-refractivity contribution in [1.29, 1.82) is 0 Å². The maximum Gasteiger partial charge on any atom is 0.302 e. The molecule has 98 valence electrons. The standard InChI is InChI=1S/C9H10FN3O4S/c10-18(16,17)4-6-1-9(15)13(3-6)7-2-8(14)12-5-11-7/h2,5-6H,1,3-4H2,(H,11,12,14). The molecule has 2 heterocycles. The van der Waals surface area contributed by atoms with Crippen molar-refractivity contribution in [2.75, 3.05) is 17.2 Å². The van der Waals surface area contributed by atoms with Crippen LogP contribution in [0.3, 0.4) is 0 Å². The fourth-order valence-corrected chi connectivity index (χ4v) is 2.69. The molecular formula is C9H10FN3O4S.